The van der Waals surface area contributed by atoms with Gasteiger partial charge in [-0.25, -0.2) is 4.79 Å². The molecule has 0 N–H and O–H groups in total. The lowest BCUT2D eigenvalue weighted by Crippen LogP contribution is -2.48. The summed E-state index contributed by atoms with van der Waals surface area (Å²) in [5, 5.41) is 0. The van der Waals surface area contributed by atoms with E-state index in [9.17, 15) is 9.59 Å². The first kappa shape index (κ1) is 17.5. The van der Waals surface area contributed by atoms with Gasteiger partial charge in [0.05, 0.1) is 12.1 Å². The van der Waals surface area contributed by atoms with Crippen molar-refractivity contribution < 1.29 is 9.21 Å². The monoisotopic (exact) mass is 365 g/mol. The largest absolute Gasteiger partial charge is 0.420 e. The summed E-state index contributed by atoms with van der Waals surface area (Å²) >= 11 is 0. The number of nitrogens with zero attached hydrogens (tertiary/aromatic N) is 3. The number of aromatic nitrogens is 1. The van der Waals surface area contributed by atoms with Gasteiger partial charge in [0.15, 0.2) is 5.58 Å². The molecule has 1 saturated heterocycles. The molecule has 0 saturated carbocycles. The number of carbonyl (C=O) groups is 1. The molecule has 1 amide bonds. The molecule has 0 atom stereocenters. The fourth-order valence-corrected chi connectivity index (χ4v) is 3.56. The van der Waals surface area contributed by atoms with Crippen LogP contribution in [0.15, 0.2) is 57.7 Å². The molecule has 0 bridgehead atoms. The molecular weight excluding hydrogens is 342 g/mol. The van der Waals surface area contributed by atoms with Gasteiger partial charge in [0.2, 0.25) is 0 Å². The van der Waals surface area contributed by atoms with Crippen LogP contribution in [-0.2, 0) is 6.54 Å². The van der Waals surface area contributed by atoms with Crippen LogP contribution in [0.5, 0.6) is 0 Å². The number of hydrogen-bond donors (Lipinski definition) is 0. The fraction of sp³-hybridized carbons (Fsp3) is 0.333. The van der Waals surface area contributed by atoms with Crippen molar-refractivity contribution in [3.8, 4) is 0 Å². The minimum absolute atomic E-state index is 0.00700. The number of carbonyl (C=O) groups excluding carboxylic acids is 1. The van der Waals surface area contributed by atoms with E-state index in [0.29, 0.717) is 23.2 Å². The number of rotatable bonds is 4. The Morgan fingerprint density at radius 3 is 2.48 bits per heavy atom. The first-order chi connectivity index (χ1) is 13.2. The van der Waals surface area contributed by atoms with E-state index < -0.39 is 5.76 Å². The van der Waals surface area contributed by atoms with Crippen LogP contribution in [0.25, 0.3) is 11.1 Å². The molecule has 6 heteroatoms. The molecule has 1 aliphatic rings. The van der Waals surface area contributed by atoms with Crippen molar-refractivity contribution in [1.29, 1.82) is 0 Å². The Morgan fingerprint density at radius 2 is 1.78 bits per heavy atom. The highest BCUT2D eigenvalue weighted by Gasteiger charge is 2.22. The summed E-state index contributed by atoms with van der Waals surface area (Å²) in [6.07, 6.45) is 0. The van der Waals surface area contributed by atoms with Gasteiger partial charge in [0.1, 0.15) is 0 Å². The van der Waals surface area contributed by atoms with Gasteiger partial charge < -0.3 is 14.2 Å². The normalized spacial score (nSPS) is 15.4. The van der Waals surface area contributed by atoms with Crippen LogP contribution < -0.4 is 5.76 Å². The Bertz CT molecular complexity index is 998. The van der Waals surface area contributed by atoms with E-state index in [1.54, 1.807) is 22.8 Å². The zero-order valence-corrected chi connectivity index (χ0v) is 15.4. The number of fused-ring (bicyclic) bond motifs is 1. The Balaban J connectivity index is 1.62. The first-order valence-electron chi connectivity index (χ1n) is 9.34. The Labute approximate surface area is 157 Å². The lowest BCUT2D eigenvalue weighted by molar-refractivity contribution is 0.0643. The van der Waals surface area contributed by atoms with Crippen molar-refractivity contribution in [2.24, 2.45) is 0 Å². The van der Waals surface area contributed by atoms with Gasteiger partial charge in [-0.15, -0.1) is 0 Å². The molecule has 1 fully saturated rings. The highest BCUT2D eigenvalue weighted by Crippen LogP contribution is 2.18. The predicted octanol–water partition coefficient (Wildman–Crippen LogP) is 2.42. The Hall–Kier alpha value is -2.86. The number of oxazole rings is 1. The minimum Gasteiger partial charge on any atom is -0.408 e. The lowest BCUT2D eigenvalue weighted by Gasteiger charge is -2.34. The maximum atomic E-state index is 12.9. The Morgan fingerprint density at radius 1 is 1.04 bits per heavy atom. The first-order valence-corrected chi connectivity index (χ1v) is 9.34. The standard InChI is InChI=1S/C21H23N3O3/c1-2-22-10-12-23(13-11-22)20(25)17-8-9-19-18(14-17)24(21(26)27-19)15-16-6-4-3-5-7-16/h3-9,14H,2,10-13,15H2,1H3. The fourth-order valence-electron chi connectivity index (χ4n) is 3.56. The van der Waals surface area contributed by atoms with Crippen molar-refractivity contribution in [3.05, 3.63) is 70.2 Å². The summed E-state index contributed by atoms with van der Waals surface area (Å²) in [5.74, 6) is -0.400. The Kier molecular flexibility index (Phi) is 4.81. The minimum atomic E-state index is -0.407. The molecule has 1 aromatic heterocycles. The number of hydrogen-bond acceptors (Lipinski definition) is 4. The lowest BCUT2D eigenvalue weighted by atomic mass is 10.1. The van der Waals surface area contributed by atoms with Crippen LogP contribution in [0.2, 0.25) is 0 Å². The van der Waals surface area contributed by atoms with Crippen LogP contribution in [0.4, 0.5) is 0 Å². The second-order valence-corrected chi connectivity index (χ2v) is 6.85. The predicted molar refractivity (Wildman–Crippen MR) is 104 cm³/mol. The highest BCUT2D eigenvalue weighted by atomic mass is 16.4. The van der Waals surface area contributed by atoms with Crippen LogP contribution >= 0.6 is 0 Å². The van der Waals surface area contributed by atoms with Gasteiger partial charge >= 0.3 is 5.76 Å². The molecule has 6 nitrogen and oxygen atoms in total. The number of benzene rings is 2. The van der Waals surface area contributed by atoms with E-state index >= 15 is 0 Å². The van der Waals surface area contributed by atoms with E-state index in [-0.39, 0.29) is 5.91 Å². The van der Waals surface area contributed by atoms with Crippen molar-refractivity contribution >= 4 is 17.0 Å². The summed E-state index contributed by atoms with van der Waals surface area (Å²) in [6, 6.07) is 15.0. The van der Waals surface area contributed by atoms with Crippen molar-refractivity contribution in [2.75, 3.05) is 32.7 Å². The third-order valence-electron chi connectivity index (χ3n) is 5.20. The van der Waals surface area contributed by atoms with Crippen molar-refractivity contribution in [3.63, 3.8) is 0 Å². The summed E-state index contributed by atoms with van der Waals surface area (Å²) in [7, 11) is 0. The van der Waals surface area contributed by atoms with Crippen LogP contribution in [0.3, 0.4) is 0 Å². The molecule has 27 heavy (non-hydrogen) atoms. The van der Waals surface area contributed by atoms with Gasteiger partial charge in [0.25, 0.3) is 5.91 Å². The molecule has 2 heterocycles. The summed E-state index contributed by atoms with van der Waals surface area (Å²) < 4.78 is 6.94. The molecule has 0 aliphatic carbocycles. The van der Waals surface area contributed by atoms with Crippen LogP contribution in [-0.4, -0.2) is 53.0 Å². The van der Waals surface area contributed by atoms with Crippen LogP contribution in [0, 0.1) is 0 Å². The topological polar surface area (TPSA) is 58.7 Å². The molecular formula is C21H23N3O3. The van der Waals surface area contributed by atoms with E-state index in [1.165, 1.54) is 0 Å². The number of amides is 1. The van der Waals surface area contributed by atoms with E-state index in [4.69, 9.17) is 4.42 Å². The molecule has 2 aromatic carbocycles. The smallest absolute Gasteiger partial charge is 0.408 e. The highest BCUT2D eigenvalue weighted by molar-refractivity contribution is 5.97. The third-order valence-corrected chi connectivity index (χ3v) is 5.20. The molecule has 1 aliphatic heterocycles. The van der Waals surface area contributed by atoms with Gasteiger partial charge in [-0.05, 0) is 30.3 Å². The second kappa shape index (κ2) is 7.40. The summed E-state index contributed by atoms with van der Waals surface area (Å²) in [4.78, 5) is 29.4. The van der Waals surface area contributed by atoms with Gasteiger partial charge in [0, 0.05) is 31.7 Å². The summed E-state index contributed by atoms with van der Waals surface area (Å²) in [5.41, 5.74) is 2.76. The zero-order chi connectivity index (χ0) is 18.8. The van der Waals surface area contributed by atoms with Crippen molar-refractivity contribution in [2.45, 2.75) is 13.5 Å². The van der Waals surface area contributed by atoms with E-state index in [2.05, 4.69) is 11.8 Å². The molecule has 0 unspecified atom stereocenters. The van der Waals surface area contributed by atoms with Crippen LogP contribution in [0.1, 0.15) is 22.8 Å². The van der Waals surface area contributed by atoms with Gasteiger partial charge in [-0.2, -0.15) is 0 Å². The number of likely N-dealkylation sites (N-methyl/N-ethyl adjacent to an activating group) is 1. The summed E-state index contributed by atoms with van der Waals surface area (Å²) in [6.45, 7) is 6.81. The molecule has 0 radical (unpaired) electrons. The van der Waals surface area contributed by atoms with Crippen molar-refractivity contribution in [1.82, 2.24) is 14.4 Å². The quantitative estimate of drug-likeness (QED) is 0.712. The zero-order valence-electron chi connectivity index (χ0n) is 15.4. The third kappa shape index (κ3) is 3.53. The average Bonchev–Trinajstić information content (AvgIpc) is 3.03. The van der Waals surface area contributed by atoms with Gasteiger partial charge in [-0.1, -0.05) is 37.3 Å². The molecule has 0 spiro atoms. The molecule has 3 aromatic rings. The molecule has 140 valence electrons. The van der Waals surface area contributed by atoms with E-state index in [0.717, 1.165) is 38.3 Å². The van der Waals surface area contributed by atoms with Gasteiger partial charge in [-0.3, -0.25) is 9.36 Å². The maximum absolute atomic E-state index is 12.9. The maximum Gasteiger partial charge on any atom is 0.420 e. The SMILES string of the molecule is CCN1CCN(C(=O)c2ccc3oc(=O)n(Cc4ccccc4)c3c2)CC1. The number of piperazine rings is 1. The van der Waals surface area contributed by atoms with E-state index in [1.807, 2.05) is 35.2 Å². The average molecular weight is 365 g/mol. The molecule has 4 rings (SSSR count). The second-order valence-electron chi connectivity index (χ2n) is 6.85.